The predicted molar refractivity (Wildman–Crippen MR) is 96.9 cm³/mol. The number of aryl methyl sites for hydroxylation is 3. The van der Waals surface area contributed by atoms with Crippen LogP contribution in [0.25, 0.3) is 0 Å². The van der Waals surface area contributed by atoms with Gasteiger partial charge in [0.15, 0.2) is 0 Å². The van der Waals surface area contributed by atoms with E-state index in [4.69, 9.17) is 4.74 Å². The van der Waals surface area contributed by atoms with Gasteiger partial charge in [-0.2, -0.15) is 0 Å². The summed E-state index contributed by atoms with van der Waals surface area (Å²) in [5.41, 5.74) is 3.73. The van der Waals surface area contributed by atoms with Crippen LogP contribution in [0.3, 0.4) is 0 Å². The molecular formula is C19H24N4O2. The van der Waals surface area contributed by atoms with Gasteiger partial charge in [-0.05, 0) is 51.8 Å². The number of hydrogen-bond acceptors (Lipinski definition) is 4. The summed E-state index contributed by atoms with van der Waals surface area (Å²) in [5.74, 6) is 0. The molecule has 0 radical (unpaired) electrons. The second kappa shape index (κ2) is 7.51. The topological polar surface area (TPSA) is 67.4 Å². The average Bonchev–Trinajstić information content (AvgIpc) is 2.56. The number of rotatable bonds is 3. The number of benzene rings is 1. The lowest BCUT2D eigenvalue weighted by atomic mass is 10.1. The number of anilines is 1. The van der Waals surface area contributed by atoms with Gasteiger partial charge in [0.2, 0.25) is 0 Å². The van der Waals surface area contributed by atoms with E-state index in [1.807, 2.05) is 51.1 Å². The highest BCUT2D eigenvalue weighted by Crippen LogP contribution is 2.18. The molecule has 1 aromatic heterocycles. The van der Waals surface area contributed by atoms with Crippen molar-refractivity contribution >= 4 is 11.7 Å². The van der Waals surface area contributed by atoms with E-state index in [9.17, 15) is 4.79 Å². The number of ether oxygens (including phenoxy) is 1. The first-order valence-corrected chi connectivity index (χ1v) is 8.61. The van der Waals surface area contributed by atoms with Gasteiger partial charge in [-0.3, -0.25) is 0 Å². The van der Waals surface area contributed by atoms with E-state index in [-0.39, 0.29) is 12.1 Å². The Kier molecular flexibility index (Phi) is 5.16. The van der Waals surface area contributed by atoms with E-state index >= 15 is 0 Å². The quantitative estimate of drug-likeness (QED) is 0.929. The number of nitrogens with one attached hydrogen (secondary N) is 1. The summed E-state index contributed by atoms with van der Waals surface area (Å²) < 4.78 is 5.92. The molecule has 6 nitrogen and oxygen atoms in total. The lowest BCUT2D eigenvalue weighted by Crippen LogP contribution is -2.46. The van der Waals surface area contributed by atoms with Crippen LogP contribution in [-0.2, 0) is 0 Å². The molecule has 1 unspecified atom stereocenters. The van der Waals surface area contributed by atoms with Crippen LogP contribution < -0.4 is 10.1 Å². The third-order valence-electron chi connectivity index (χ3n) is 4.20. The molecular weight excluding hydrogens is 316 g/mol. The lowest BCUT2D eigenvalue weighted by Gasteiger charge is -2.32. The van der Waals surface area contributed by atoms with Gasteiger partial charge in [-0.25, -0.2) is 14.8 Å². The van der Waals surface area contributed by atoms with Crippen LogP contribution in [0.5, 0.6) is 6.01 Å². The van der Waals surface area contributed by atoms with E-state index < -0.39 is 0 Å². The van der Waals surface area contributed by atoms with Gasteiger partial charge >= 0.3 is 12.0 Å². The van der Waals surface area contributed by atoms with E-state index in [1.54, 1.807) is 4.90 Å². The molecule has 0 bridgehead atoms. The fourth-order valence-corrected chi connectivity index (χ4v) is 2.95. The summed E-state index contributed by atoms with van der Waals surface area (Å²) in [6, 6.07) is 9.99. The molecule has 2 aromatic rings. The monoisotopic (exact) mass is 340 g/mol. The molecule has 6 heteroatoms. The maximum atomic E-state index is 12.5. The number of piperidine rings is 1. The Morgan fingerprint density at radius 3 is 2.52 bits per heavy atom. The summed E-state index contributed by atoms with van der Waals surface area (Å²) >= 11 is 0. The Hall–Kier alpha value is -2.63. The molecule has 0 spiro atoms. The maximum absolute atomic E-state index is 12.5. The molecule has 132 valence electrons. The minimum absolute atomic E-state index is 0.0845. The largest absolute Gasteiger partial charge is 0.458 e. The van der Waals surface area contributed by atoms with Crippen LogP contribution in [0.15, 0.2) is 30.3 Å². The second-order valence-electron chi connectivity index (χ2n) is 6.56. The molecule has 0 aliphatic carbocycles. The zero-order valence-electron chi connectivity index (χ0n) is 15.0. The van der Waals surface area contributed by atoms with Crippen molar-refractivity contribution in [2.45, 2.75) is 39.7 Å². The molecule has 2 amide bonds. The standard InChI is InChI=1S/C19H24N4O2/c1-13-6-8-16(9-7-13)22-19(24)23-10-4-5-17(12-23)25-18-20-14(2)11-15(3)21-18/h6-9,11,17H,4-5,10,12H2,1-3H3,(H,22,24). The Morgan fingerprint density at radius 1 is 1.16 bits per heavy atom. The van der Waals surface area contributed by atoms with Crippen molar-refractivity contribution in [1.29, 1.82) is 0 Å². The van der Waals surface area contributed by atoms with E-state index in [1.165, 1.54) is 0 Å². The van der Waals surface area contributed by atoms with Crippen molar-refractivity contribution < 1.29 is 9.53 Å². The van der Waals surface area contributed by atoms with Gasteiger partial charge in [-0.15, -0.1) is 0 Å². The average molecular weight is 340 g/mol. The minimum Gasteiger partial charge on any atom is -0.458 e. The number of nitrogens with zero attached hydrogens (tertiary/aromatic N) is 3. The molecule has 1 aromatic carbocycles. The molecule has 1 N–H and O–H groups in total. The maximum Gasteiger partial charge on any atom is 0.321 e. The van der Waals surface area contributed by atoms with Crippen LogP contribution in [0.4, 0.5) is 10.5 Å². The van der Waals surface area contributed by atoms with Crippen molar-refractivity contribution in [3.63, 3.8) is 0 Å². The summed E-state index contributed by atoms with van der Waals surface area (Å²) in [4.78, 5) is 22.9. The summed E-state index contributed by atoms with van der Waals surface area (Å²) in [7, 11) is 0. The van der Waals surface area contributed by atoms with E-state index in [0.717, 1.165) is 42.0 Å². The van der Waals surface area contributed by atoms with Crippen LogP contribution in [-0.4, -0.2) is 40.1 Å². The van der Waals surface area contributed by atoms with Crippen molar-refractivity contribution in [3.8, 4) is 6.01 Å². The Morgan fingerprint density at radius 2 is 1.84 bits per heavy atom. The smallest absolute Gasteiger partial charge is 0.321 e. The predicted octanol–water partition coefficient (Wildman–Crippen LogP) is 3.48. The molecule has 2 heterocycles. The highest BCUT2D eigenvalue weighted by Gasteiger charge is 2.25. The van der Waals surface area contributed by atoms with Crippen LogP contribution >= 0.6 is 0 Å². The number of likely N-dealkylation sites (tertiary alicyclic amines) is 1. The van der Waals surface area contributed by atoms with Gasteiger partial charge in [0, 0.05) is 23.6 Å². The van der Waals surface area contributed by atoms with Gasteiger partial charge in [0.05, 0.1) is 6.54 Å². The number of urea groups is 1. The Bertz CT molecular complexity index is 725. The molecule has 0 saturated carbocycles. The molecule has 25 heavy (non-hydrogen) atoms. The third kappa shape index (κ3) is 4.68. The second-order valence-corrected chi connectivity index (χ2v) is 6.56. The summed E-state index contributed by atoms with van der Waals surface area (Å²) in [6.45, 7) is 7.13. The molecule has 1 fully saturated rings. The summed E-state index contributed by atoms with van der Waals surface area (Å²) in [5, 5.41) is 2.94. The lowest BCUT2D eigenvalue weighted by molar-refractivity contribution is 0.0980. The van der Waals surface area contributed by atoms with Crippen molar-refractivity contribution in [1.82, 2.24) is 14.9 Å². The first kappa shape index (κ1) is 17.2. The molecule has 3 rings (SSSR count). The van der Waals surface area contributed by atoms with E-state index in [0.29, 0.717) is 12.6 Å². The third-order valence-corrected chi connectivity index (χ3v) is 4.20. The van der Waals surface area contributed by atoms with E-state index in [2.05, 4.69) is 15.3 Å². The number of aromatic nitrogens is 2. The molecule has 1 aliphatic rings. The highest BCUT2D eigenvalue weighted by molar-refractivity contribution is 5.89. The minimum atomic E-state index is -0.0986. The van der Waals surface area contributed by atoms with Crippen LogP contribution in [0.2, 0.25) is 0 Å². The van der Waals surface area contributed by atoms with Crippen molar-refractivity contribution in [2.24, 2.45) is 0 Å². The first-order chi connectivity index (χ1) is 12.0. The normalized spacial score (nSPS) is 17.2. The number of carbonyl (C=O) groups excluding carboxylic acids is 1. The number of amides is 2. The highest BCUT2D eigenvalue weighted by atomic mass is 16.5. The Labute approximate surface area is 148 Å². The fourth-order valence-electron chi connectivity index (χ4n) is 2.95. The van der Waals surface area contributed by atoms with Crippen LogP contribution in [0, 0.1) is 20.8 Å². The summed E-state index contributed by atoms with van der Waals surface area (Å²) in [6.07, 6.45) is 1.71. The number of carbonyl (C=O) groups is 1. The Balaban J connectivity index is 1.60. The van der Waals surface area contributed by atoms with Crippen molar-refractivity contribution in [2.75, 3.05) is 18.4 Å². The van der Waals surface area contributed by atoms with Gasteiger partial charge in [-0.1, -0.05) is 17.7 Å². The molecule has 1 saturated heterocycles. The van der Waals surface area contributed by atoms with Gasteiger partial charge in [0.1, 0.15) is 6.10 Å². The van der Waals surface area contributed by atoms with Gasteiger partial charge < -0.3 is 15.0 Å². The first-order valence-electron chi connectivity index (χ1n) is 8.61. The van der Waals surface area contributed by atoms with Crippen LogP contribution in [0.1, 0.15) is 29.8 Å². The zero-order chi connectivity index (χ0) is 17.8. The molecule has 1 atom stereocenters. The van der Waals surface area contributed by atoms with Crippen molar-refractivity contribution in [3.05, 3.63) is 47.3 Å². The zero-order valence-corrected chi connectivity index (χ0v) is 15.0. The molecule has 1 aliphatic heterocycles. The van der Waals surface area contributed by atoms with Gasteiger partial charge in [0.25, 0.3) is 0 Å². The SMILES string of the molecule is Cc1ccc(NC(=O)N2CCCC(Oc3nc(C)cc(C)n3)C2)cc1. The number of hydrogen-bond donors (Lipinski definition) is 1. The fraction of sp³-hybridized carbons (Fsp3) is 0.421.